The van der Waals surface area contributed by atoms with Crippen LogP contribution in [0.4, 0.5) is 0 Å². The summed E-state index contributed by atoms with van der Waals surface area (Å²) in [4.78, 5) is 43.5. The van der Waals surface area contributed by atoms with E-state index in [4.69, 9.17) is 0 Å². The summed E-state index contributed by atoms with van der Waals surface area (Å²) in [5.74, 6) is -3.77. The van der Waals surface area contributed by atoms with E-state index in [0.717, 1.165) is 14.2 Å². The normalized spacial score (nSPS) is 11.1. The first-order valence-corrected chi connectivity index (χ1v) is 5.04. The number of hydrogen-bond acceptors (Lipinski definition) is 9. The van der Waals surface area contributed by atoms with Gasteiger partial charge in [0.05, 0.1) is 20.6 Å². The van der Waals surface area contributed by atoms with Gasteiger partial charge in [0.1, 0.15) is 0 Å². The molecule has 0 radical (unpaired) electrons. The molecule has 0 aromatic carbocycles. The first kappa shape index (κ1) is 16.8. The van der Waals surface area contributed by atoms with Gasteiger partial charge in [-0.2, -0.15) is 0 Å². The molecule has 0 aliphatic heterocycles. The number of hydrogen-bond donors (Lipinski definition) is 1. The second-order valence-electron chi connectivity index (χ2n) is 3.14. The molecule has 0 aromatic rings. The van der Waals surface area contributed by atoms with Crippen LogP contribution in [0.2, 0.25) is 0 Å². The zero-order valence-electron chi connectivity index (χ0n) is 10.4. The highest BCUT2D eigenvalue weighted by molar-refractivity contribution is 5.84. The molecule has 0 amide bonds. The molecule has 0 spiro atoms. The van der Waals surface area contributed by atoms with Crippen molar-refractivity contribution in [1.29, 1.82) is 0 Å². The molecule has 0 fully saturated rings. The molecular weight excluding hydrogens is 264 g/mol. The van der Waals surface area contributed by atoms with Gasteiger partial charge >= 0.3 is 23.9 Å². The van der Waals surface area contributed by atoms with Crippen molar-refractivity contribution in [3.63, 3.8) is 0 Å². The smallest absolute Gasteiger partial charge is 0.344 e. The van der Waals surface area contributed by atoms with Crippen LogP contribution in [-0.4, -0.2) is 62.5 Å². The number of carbonyl (C=O) groups excluding carboxylic acids is 4. The Kier molecular flexibility index (Phi) is 7.85. The van der Waals surface area contributed by atoms with E-state index in [1.165, 1.54) is 0 Å². The van der Waals surface area contributed by atoms with Crippen LogP contribution in [0, 0.1) is 0 Å². The molecular formula is C10H14O9. The topological polar surface area (TPSA) is 125 Å². The van der Waals surface area contributed by atoms with Crippen LogP contribution in [0.25, 0.3) is 0 Å². The van der Waals surface area contributed by atoms with Crippen LogP contribution in [0.3, 0.4) is 0 Å². The maximum absolute atomic E-state index is 11.1. The third kappa shape index (κ3) is 7.71. The van der Waals surface area contributed by atoms with Gasteiger partial charge in [0.25, 0.3) is 0 Å². The summed E-state index contributed by atoms with van der Waals surface area (Å²) in [7, 11) is 2.20. The second kappa shape index (κ2) is 8.86. The Hall–Kier alpha value is -2.16. The molecule has 0 bridgehead atoms. The summed E-state index contributed by atoms with van der Waals surface area (Å²) in [6.45, 7) is -1.30. The Balaban J connectivity index is 3.97. The molecule has 0 rings (SSSR count). The molecule has 1 unspecified atom stereocenters. The molecule has 0 aliphatic carbocycles. The molecule has 0 heterocycles. The lowest BCUT2D eigenvalue weighted by atomic mass is 10.2. The van der Waals surface area contributed by atoms with Crippen LogP contribution < -0.4 is 0 Å². The summed E-state index contributed by atoms with van der Waals surface area (Å²) < 4.78 is 17.1. The molecule has 1 atom stereocenters. The maximum atomic E-state index is 11.1. The lowest BCUT2D eigenvalue weighted by Gasteiger charge is -2.09. The average Bonchev–Trinajstić information content (AvgIpc) is 2.41. The summed E-state index contributed by atoms with van der Waals surface area (Å²) in [5.41, 5.74) is 0. The van der Waals surface area contributed by atoms with E-state index in [2.05, 4.69) is 18.9 Å². The van der Waals surface area contributed by atoms with Crippen LogP contribution in [0.1, 0.15) is 6.42 Å². The summed E-state index contributed by atoms with van der Waals surface area (Å²) in [5, 5.41) is 9.25. The van der Waals surface area contributed by atoms with Gasteiger partial charge in [-0.05, 0) is 0 Å². The van der Waals surface area contributed by atoms with Gasteiger partial charge < -0.3 is 24.1 Å². The Morgan fingerprint density at radius 1 is 0.895 bits per heavy atom. The van der Waals surface area contributed by atoms with Crippen molar-refractivity contribution in [3.8, 4) is 0 Å². The van der Waals surface area contributed by atoms with Crippen molar-refractivity contribution >= 4 is 23.9 Å². The molecule has 19 heavy (non-hydrogen) atoms. The monoisotopic (exact) mass is 278 g/mol. The van der Waals surface area contributed by atoms with Gasteiger partial charge in [0.15, 0.2) is 19.3 Å². The summed E-state index contributed by atoms with van der Waals surface area (Å²) >= 11 is 0. The van der Waals surface area contributed by atoms with Crippen molar-refractivity contribution in [2.75, 3.05) is 27.4 Å². The second-order valence-corrected chi connectivity index (χ2v) is 3.14. The number of rotatable bonds is 7. The Bertz CT molecular complexity index is 349. The van der Waals surface area contributed by atoms with Crippen LogP contribution >= 0.6 is 0 Å². The van der Waals surface area contributed by atoms with E-state index >= 15 is 0 Å². The van der Waals surface area contributed by atoms with Gasteiger partial charge in [-0.25, -0.2) is 14.4 Å². The highest BCUT2D eigenvalue weighted by Crippen LogP contribution is 1.98. The highest BCUT2D eigenvalue weighted by atomic mass is 16.6. The number of aliphatic hydroxyl groups is 1. The van der Waals surface area contributed by atoms with Crippen molar-refractivity contribution < 1.29 is 43.2 Å². The molecule has 0 saturated heterocycles. The average molecular weight is 278 g/mol. The third-order valence-electron chi connectivity index (χ3n) is 1.77. The van der Waals surface area contributed by atoms with Crippen molar-refractivity contribution in [3.05, 3.63) is 0 Å². The lowest BCUT2D eigenvalue weighted by molar-refractivity contribution is -0.167. The van der Waals surface area contributed by atoms with Gasteiger partial charge in [0, 0.05) is 0 Å². The van der Waals surface area contributed by atoms with Gasteiger partial charge in [-0.15, -0.1) is 0 Å². The molecule has 0 aromatic heterocycles. The predicted molar refractivity (Wildman–Crippen MR) is 56.6 cm³/mol. The van der Waals surface area contributed by atoms with E-state index < -0.39 is 49.6 Å². The quantitative estimate of drug-likeness (QED) is 0.422. The highest BCUT2D eigenvalue weighted by Gasteiger charge is 2.22. The minimum Gasteiger partial charge on any atom is -0.466 e. The van der Waals surface area contributed by atoms with Crippen molar-refractivity contribution in [2.45, 2.75) is 12.5 Å². The minimum absolute atomic E-state index is 0.626. The fraction of sp³-hybridized carbons (Fsp3) is 0.600. The maximum Gasteiger partial charge on any atom is 0.344 e. The van der Waals surface area contributed by atoms with E-state index in [1.54, 1.807) is 0 Å². The summed E-state index contributed by atoms with van der Waals surface area (Å²) in [6.07, 6.45) is -2.51. The predicted octanol–water partition coefficient (Wildman–Crippen LogP) is -1.83. The molecule has 108 valence electrons. The fourth-order valence-corrected chi connectivity index (χ4v) is 0.784. The molecule has 1 N–H and O–H groups in total. The fourth-order valence-electron chi connectivity index (χ4n) is 0.784. The van der Waals surface area contributed by atoms with Crippen molar-refractivity contribution in [1.82, 2.24) is 0 Å². The molecule has 0 aliphatic rings. The zero-order valence-corrected chi connectivity index (χ0v) is 10.4. The first-order chi connectivity index (χ1) is 8.90. The van der Waals surface area contributed by atoms with E-state index in [1.807, 2.05) is 0 Å². The number of methoxy groups -OCH3 is 2. The number of aliphatic hydroxyl groups excluding tert-OH is 1. The van der Waals surface area contributed by atoms with Crippen LogP contribution in [0.15, 0.2) is 0 Å². The largest absolute Gasteiger partial charge is 0.466 e. The molecule has 9 nitrogen and oxygen atoms in total. The number of ether oxygens (including phenoxy) is 4. The minimum atomic E-state index is -1.80. The van der Waals surface area contributed by atoms with Gasteiger partial charge in [0.2, 0.25) is 0 Å². The van der Waals surface area contributed by atoms with Crippen LogP contribution in [0.5, 0.6) is 0 Å². The molecule has 0 saturated carbocycles. The van der Waals surface area contributed by atoms with Gasteiger partial charge in [-0.3, -0.25) is 4.79 Å². The number of esters is 4. The zero-order chi connectivity index (χ0) is 14.8. The molecule has 9 heteroatoms. The standard InChI is InChI=1S/C10H14O9/c1-16-8(13)4-18-7(12)3-6(11)10(15)19-5-9(14)17-2/h6,11H,3-5H2,1-2H3. The Morgan fingerprint density at radius 3 is 1.84 bits per heavy atom. The first-order valence-electron chi connectivity index (χ1n) is 5.04. The van der Waals surface area contributed by atoms with E-state index in [0.29, 0.717) is 0 Å². The van der Waals surface area contributed by atoms with E-state index in [9.17, 15) is 24.3 Å². The SMILES string of the molecule is COC(=O)COC(=O)CC(O)C(=O)OCC(=O)OC. The van der Waals surface area contributed by atoms with E-state index in [-0.39, 0.29) is 0 Å². The third-order valence-corrected chi connectivity index (χ3v) is 1.77. The Morgan fingerprint density at radius 2 is 1.37 bits per heavy atom. The summed E-state index contributed by atoms with van der Waals surface area (Å²) in [6, 6.07) is 0. The van der Waals surface area contributed by atoms with Gasteiger partial charge in [-0.1, -0.05) is 0 Å². The van der Waals surface area contributed by atoms with Crippen molar-refractivity contribution in [2.24, 2.45) is 0 Å². The Labute approximate surface area is 108 Å². The lowest BCUT2D eigenvalue weighted by Crippen LogP contribution is -2.29. The number of carbonyl (C=O) groups is 4. The van der Waals surface area contributed by atoms with Crippen LogP contribution in [-0.2, 0) is 38.1 Å².